The van der Waals surface area contributed by atoms with Crippen LogP contribution in [0.25, 0.3) is 0 Å². The van der Waals surface area contributed by atoms with E-state index in [0.29, 0.717) is 0 Å². The molecule has 0 fully saturated rings. The minimum Gasteiger partial charge on any atom is -0.293 e. The highest BCUT2D eigenvalue weighted by Crippen LogP contribution is 2.34. The van der Waals surface area contributed by atoms with Crippen LogP contribution in [0.1, 0.15) is 40.2 Å². The van der Waals surface area contributed by atoms with E-state index in [1.165, 1.54) is 16.0 Å². The topological polar surface area (TPSA) is 17.1 Å². The van der Waals surface area contributed by atoms with Crippen LogP contribution < -0.4 is 0 Å². The molecule has 0 radical (unpaired) electrons. The molecule has 1 nitrogen and oxygen atoms in total. The van der Waals surface area contributed by atoms with E-state index in [2.05, 4.69) is 18.2 Å². The molecule has 0 saturated heterocycles. The van der Waals surface area contributed by atoms with Gasteiger partial charge >= 0.3 is 0 Å². The molecule has 0 spiro atoms. The highest BCUT2D eigenvalue weighted by atomic mass is 32.2. The largest absolute Gasteiger partial charge is 0.293 e. The van der Waals surface area contributed by atoms with Gasteiger partial charge in [0.2, 0.25) is 0 Å². The summed E-state index contributed by atoms with van der Waals surface area (Å²) in [5, 5.41) is 0. The third-order valence-electron chi connectivity index (χ3n) is 4.06. The number of thioether (sulfide) groups is 1. The van der Waals surface area contributed by atoms with Gasteiger partial charge in [0.25, 0.3) is 0 Å². The maximum absolute atomic E-state index is 12.8. The zero-order valence-electron chi connectivity index (χ0n) is 11.6. The normalized spacial score (nSPS) is 17.6. The summed E-state index contributed by atoms with van der Waals surface area (Å²) < 4.78 is 0. The number of carbonyl (C=O) groups is 1. The van der Waals surface area contributed by atoms with Crippen molar-refractivity contribution in [1.29, 1.82) is 0 Å². The molecule has 0 amide bonds. The van der Waals surface area contributed by atoms with E-state index < -0.39 is 0 Å². The van der Waals surface area contributed by atoms with Crippen molar-refractivity contribution in [3.8, 4) is 0 Å². The molecule has 2 heteroatoms. The van der Waals surface area contributed by atoms with Crippen molar-refractivity contribution in [3.05, 3.63) is 65.2 Å². The Morgan fingerprint density at radius 1 is 1.10 bits per heavy atom. The molecule has 1 aliphatic carbocycles. The molecule has 20 heavy (non-hydrogen) atoms. The van der Waals surface area contributed by atoms with Gasteiger partial charge in [-0.3, -0.25) is 4.79 Å². The van der Waals surface area contributed by atoms with E-state index >= 15 is 0 Å². The monoisotopic (exact) mass is 282 g/mol. The van der Waals surface area contributed by atoms with Crippen molar-refractivity contribution in [2.45, 2.75) is 30.1 Å². The minimum absolute atomic E-state index is 0.0417. The molecular weight excluding hydrogens is 264 g/mol. The molecule has 0 N–H and O–H groups in total. The van der Waals surface area contributed by atoms with Crippen LogP contribution >= 0.6 is 11.8 Å². The van der Waals surface area contributed by atoms with E-state index in [1.807, 2.05) is 36.6 Å². The summed E-state index contributed by atoms with van der Waals surface area (Å²) >= 11 is 1.70. The Morgan fingerprint density at radius 3 is 2.60 bits per heavy atom. The van der Waals surface area contributed by atoms with Gasteiger partial charge in [0, 0.05) is 16.4 Å². The van der Waals surface area contributed by atoms with Crippen LogP contribution in [0.15, 0.2) is 53.4 Å². The molecule has 102 valence electrons. The molecular formula is C18H18OS. The molecule has 1 aliphatic rings. The quantitative estimate of drug-likeness (QED) is 0.599. The maximum Gasteiger partial charge on any atom is 0.170 e. The molecule has 0 saturated carbocycles. The molecule has 1 unspecified atom stereocenters. The predicted octanol–water partition coefficient (Wildman–Crippen LogP) is 4.71. The fourth-order valence-electron chi connectivity index (χ4n) is 2.98. The van der Waals surface area contributed by atoms with Crippen molar-refractivity contribution in [1.82, 2.24) is 0 Å². The van der Waals surface area contributed by atoms with Crippen LogP contribution in [-0.2, 0) is 6.42 Å². The molecule has 3 rings (SSSR count). The summed E-state index contributed by atoms with van der Waals surface area (Å²) in [5.74, 6) is 0.310. The number of carbonyl (C=O) groups excluding carboxylic acids is 1. The van der Waals surface area contributed by atoms with Gasteiger partial charge in [-0.15, -0.1) is 11.8 Å². The fourth-order valence-corrected chi connectivity index (χ4v) is 3.39. The van der Waals surface area contributed by atoms with Gasteiger partial charge in [-0.2, -0.15) is 0 Å². The number of ketones is 1. The SMILES string of the molecule is CSc1ccc(C(=O)C2CCCc3ccccc32)cc1. The summed E-state index contributed by atoms with van der Waals surface area (Å²) in [6, 6.07) is 16.4. The summed E-state index contributed by atoms with van der Waals surface area (Å²) in [6.07, 6.45) is 5.23. The second-order valence-electron chi connectivity index (χ2n) is 5.24. The van der Waals surface area contributed by atoms with Crippen LogP contribution in [0, 0.1) is 0 Å². The highest BCUT2D eigenvalue weighted by molar-refractivity contribution is 7.98. The first kappa shape index (κ1) is 13.4. The van der Waals surface area contributed by atoms with Crippen LogP contribution in [0.2, 0.25) is 0 Å². The lowest BCUT2D eigenvalue weighted by molar-refractivity contribution is 0.0951. The standard InChI is InChI=1S/C18H18OS/c1-20-15-11-9-14(10-12-15)18(19)17-8-4-6-13-5-2-3-7-16(13)17/h2-3,5,7,9-12,17H,4,6,8H2,1H3. The zero-order valence-corrected chi connectivity index (χ0v) is 12.5. The van der Waals surface area contributed by atoms with Gasteiger partial charge in [0.15, 0.2) is 5.78 Å². The fraction of sp³-hybridized carbons (Fsp3) is 0.278. The second kappa shape index (κ2) is 5.84. The van der Waals surface area contributed by atoms with Gasteiger partial charge in [-0.05, 0) is 48.8 Å². The molecule has 2 aromatic carbocycles. The van der Waals surface area contributed by atoms with Crippen LogP contribution in [-0.4, -0.2) is 12.0 Å². The molecule has 0 aliphatic heterocycles. The summed E-state index contributed by atoms with van der Waals surface area (Å²) in [7, 11) is 0. The lowest BCUT2D eigenvalue weighted by atomic mass is 9.79. The van der Waals surface area contributed by atoms with E-state index in [1.54, 1.807) is 11.8 Å². The van der Waals surface area contributed by atoms with E-state index in [9.17, 15) is 4.79 Å². The first-order valence-corrected chi connectivity index (χ1v) is 8.28. The maximum atomic E-state index is 12.8. The van der Waals surface area contributed by atoms with Crippen LogP contribution in [0.4, 0.5) is 0 Å². The van der Waals surface area contributed by atoms with Crippen molar-refractivity contribution < 1.29 is 4.79 Å². The Morgan fingerprint density at radius 2 is 1.85 bits per heavy atom. The van der Waals surface area contributed by atoms with Crippen molar-refractivity contribution in [2.24, 2.45) is 0 Å². The van der Waals surface area contributed by atoms with Crippen molar-refractivity contribution >= 4 is 17.5 Å². The molecule has 0 aromatic heterocycles. The van der Waals surface area contributed by atoms with Gasteiger partial charge in [0.1, 0.15) is 0 Å². The number of aryl methyl sites for hydroxylation is 1. The van der Waals surface area contributed by atoms with Crippen molar-refractivity contribution in [2.75, 3.05) is 6.26 Å². The second-order valence-corrected chi connectivity index (χ2v) is 6.12. The third-order valence-corrected chi connectivity index (χ3v) is 4.80. The number of hydrogen-bond donors (Lipinski definition) is 0. The van der Waals surface area contributed by atoms with Crippen LogP contribution in [0.3, 0.4) is 0 Å². The smallest absolute Gasteiger partial charge is 0.170 e. The molecule has 1 atom stereocenters. The first-order valence-electron chi connectivity index (χ1n) is 7.05. The predicted molar refractivity (Wildman–Crippen MR) is 84.7 cm³/mol. The number of fused-ring (bicyclic) bond motifs is 1. The Hall–Kier alpha value is -1.54. The number of Topliss-reactive ketones (excluding diaryl/α,β-unsaturated/α-hetero) is 1. The zero-order chi connectivity index (χ0) is 13.9. The van der Waals surface area contributed by atoms with Gasteiger partial charge in [-0.25, -0.2) is 0 Å². The molecule has 0 bridgehead atoms. The Kier molecular flexibility index (Phi) is 3.93. The Balaban J connectivity index is 1.91. The van der Waals surface area contributed by atoms with Crippen molar-refractivity contribution in [3.63, 3.8) is 0 Å². The Bertz CT molecular complexity index is 616. The highest BCUT2D eigenvalue weighted by Gasteiger charge is 2.26. The Labute approximate surface area is 124 Å². The van der Waals surface area contributed by atoms with Crippen LogP contribution in [0.5, 0.6) is 0 Å². The van der Waals surface area contributed by atoms with E-state index in [0.717, 1.165) is 24.8 Å². The minimum atomic E-state index is 0.0417. The lowest BCUT2D eigenvalue weighted by Crippen LogP contribution is -2.18. The number of benzene rings is 2. The average molecular weight is 282 g/mol. The summed E-state index contributed by atoms with van der Waals surface area (Å²) in [5.41, 5.74) is 3.42. The van der Waals surface area contributed by atoms with Gasteiger partial charge in [0.05, 0.1) is 0 Å². The summed E-state index contributed by atoms with van der Waals surface area (Å²) in [4.78, 5) is 14.0. The molecule has 2 aromatic rings. The first-order chi connectivity index (χ1) is 9.79. The molecule has 0 heterocycles. The van der Waals surface area contributed by atoms with E-state index in [-0.39, 0.29) is 11.7 Å². The average Bonchev–Trinajstić information content (AvgIpc) is 2.54. The van der Waals surface area contributed by atoms with Gasteiger partial charge in [-0.1, -0.05) is 36.4 Å². The van der Waals surface area contributed by atoms with Gasteiger partial charge < -0.3 is 0 Å². The summed E-state index contributed by atoms with van der Waals surface area (Å²) in [6.45, 7) is 0. The third kappa shape index (κ3) is 2.53. The van der Waals surface area contributed by atoms with E-state index in [4.69, 9.17) is 0 Å². The lowest BCUT2D eigenvalue weighted by Gasteiger charge is -2.24. The number of rotatable bonds is 3. The number of hydrogen-bond acceptors (Lipinski definition) is 2.